The van der Waals surface area contributed by atoms with Crippen molar-refractivity contribution in [3.63, 3.8) is 0 Å². The van der Waals surface area contributed by atoms with Crippen molar-refractivity contribution in [3.05, 3.63) is 22.8 Å². The van der Waals surface area contributed by atoms with Gasteiger partial charge in [0, 0.05) is 11.2 Å². The van der Waals surface area contributed by atoms with Crippen LogP contribution in [0.5, 0.6) is 0 Å². The molecule has 5 heteroatoms. The minimum Gasteiger partial charge on any atom is -0.398 e. The van der Waals surface area contributed by atoms with Gasteiger partial charge in [0.15, 0.2) is 0 Å². The number of sulfonamides is 1. The van der Waals surface area contributed by atoms with E-state index in [9.17, 15) is 8.42 Å². The summed E-state index contributed by atoms with van der Waals surface area (Å²) in [4.78, 5) is 0.348. The second kappa shape index (κ2) is 5.04. The van der Waals surface area contributed by atoms with Crippen LogP contribution < -0.4 is 10.5 Å². The van der Waals surface area contributed by atoms with Crippen molar-refractivity contribution < 1.29 is 8.42 Å². The maximum Gasteiger partial charge on any atom is 0.241 e. The molecule has 0 atom stereocenters. The summed E-state index contributed by atoms with van der Waals surface area (Å²) in [5.74, 6) is 0. The highest BCUT2D eigenvalue weighted by Crippen LogP contribution is 2.37. The highest BCUT2D eigenvalue weighted by Gasteiger charge is 2.39. The zero-order valence-electron chi connectivity index (χ0n) is 12.7. The third-order valence-electron chi connectivity index (χ3n) is 4.57. The van der Waals surface area contributed by atoms with Crippen molar-refractivity contribution in [1.82, 2.24) is 4.72 Å². The second-order valence-corrected chi connectivity index (χ2v) is 7.59. The average Bonchev–Trinajstić information content (AvgIpc) is 2.30. The van der Waals surface area contributed by atoms with E-state index in [-0.39, 0.29) is 5.54 Å². The fourth-order valence-corrected chi connectivity index (χ4v) is 5.08. The number of anilines is 1. The summed E-state index contributed by atoms with van der Waals surface area (Å²) < 4.78 is 28.4. The minimum atomic E-state index is -3.52. The molecule has 1 aliphatic rings. The van der Waals surface area contributed by atoms with E-state index in [1.165, 1.54) is 0 Å². The number of hydrogen-bond donors (Lipinski definition) is 2. The summed E-state index contributed by atoms with van der Waals surface area (Å²) in [6.07, 6.45) is 3.75. The molecule has 0 aliphatic heterocycles. The quantitative estimate of drug-likeness (QED) is 0.839. The lowest BCUT2D eigenvalue weighted by Crippen LogP contribution is -2.53. The largest absolute Gasteiger partial charge is 0.398 e. The summed E-state index contributed by atoms with van der Waals surface area (Å²) >= 11 is 0. The minimum absolute atomic E-state index is 0.253. The van der Waals surface area contributed by atoms with Crippen LogP contribution >= 0.6 is 0 Å². The molecule has 112 valence electrons. The molecule has 0 radical (unpaired) electrons. The number of nitrogens with one attached hydrogen (secondary N) is 1. The van der Waals surface area contributed by atoms with E-state index in [4.69, 9.17) is 5.73 Å². The van der Waals surface area contributed by atoms with Crippen molar-refractivity contribution in [2.45, 2.75) is 63.8 Å². The Bertz CT molecular complexity index is 626. The highest BCUT2D eigenvalue weighted by molar-refractivity contribution is 7.89. The van der Waals surface area contributed by atoms with Gasteiger partial charge in [-0.2, -0.15) is 0 Å². The van der Waals surface area contributed by atoms with Gasteiger partial charge in [-0.25, -0.2) is 13.1 Å². The Labute approximate surface area is 121 Å². The summed E-state index contributed by atoms with van der Waals surface area (Å²) in [7, 11) is -3.52. The molecule has 3 N–H and O–H groups in total. The van der Waals surface area contributed by atoms with Gasteiger partial charge >= 0.3 is 0 Å². The van der Waals surface area contributed by atoms with Crippen LogP contribution in [0, 0.1) is 20.8 Å². The average molecular weight is 296 g/mol. The first-order chi connectivity index (χ1) is 9.22. The summed E-state index contributed by atoms with van der Waals surface area (Å²) in [5.41, 5.74) is 8.65. The van der Waals surface area contributed by atoms with Gasteiger partial charge in [-0.1, -0.05) is 13.0 Å². The van der Waals surface area contributed by atoms with E-state index < -0.39 is 10.0 Å². The van der Waals surface area contributed by atoms with E-state index in [1.807, 2.05) is 26.8 Å². The number of aryl methyl sites for hydroxylation is 2. The molecule has 0 aromatic heterocycles. The molecule has 4 nitrogen and oxygen atoms in total. The zero-order chi connectivity index (χ0) is 15.1. The van der Waals surface area contributed by atoms with Crippen LogP contribution in [0.15, 0.2) is 11.0 Å². The van der Waals surface area contributed by atoms with Crippen LogP contribution in [0.1, 0.15) is 49.3 Å². The predicted octanol–water partition coefficient (Wildman–Crippen LogP) is 2.81. The Morgan fingerprint density at radius 3 is 2.30 bits per heavy atom. The van der Waals surface area contributed by atoms with E-state index in [0.717, 1.165) is 36.8 Å². The first kappa shape index (κ1) is 15.3. The maximum absolute atomic E-state index is 12.7. The summed E-state index contributed by atoms with van der Waals surface area (Å²) in [6.45, 7) is 7.54. The lowest BCUT2D eigenvalue weighted by Gasteiger charge is -2.41. The molecule has 0 unspecified atom stereocenters. The predicted molar refractivity (Wildman–Crippen MR) is 82.3 cm³/mol. The molecule has 1 saturated carbocycles. The molecule has 20 heavy (non-hydrogen) atoms. The van der Waals surface area contributed by atoms with Gasteiger partial charge in [-0.05, 0) is 63.1 Å². The number of nitrogens with two attached hydrogens (primary N) is 1. The number of hydrogen-bond acceptors (Lipinski definition) is 3. The number of rotatable bonds is 4. The van der Waals surface area contributed by atoms with Crippen LogP contribution in [-0.4, -0.2) is 14.0 Å². The topological polar surface area (TPSA) is 72.2 Å². The van der Waals surface area contributed by atoms with Crippen LogP contribution in [0.4, 0.5) is 5.69 Å². The Morgan fingerprint density at radius 2 is 1.85 bits per heavy atom. The molecule has 0 amide bonds. The molecule has 1 aromatic rings. The molecule has 0 saturated heterocycles. The third kappa shape index (κ3) is 2.44. The molecule has 2 rings (SSSR count). The van der Waals surface area contributed by atoms with E-state index in [2.05, 4.69) is 4.72 Å². The number of nitrogen functional groups attached to an aromatic ring is 1. The molecule has 1 aliphatic carbocycles. The van der Waals surface area contributed by atoms with E-state index in [0.29, 0.717) is 16.1 Å². The van der Waals surface area contributed by atoms with Crippen molar-refractivity contribution in [2.75, 3.05) is 5.73 Å². The highest BCUT2D eigenvalue weighted by atomic mass is 32.2. The van der Waals surface area contributed by atoms with Crippen molar-refractivity contribution in [1.29, 1.82) is 0 Å². The van der Waals surface area contributed by atoms with Crippen molar-refractivity contribution in [3.8, 4) is 0 Å². The van der Waals surface area contributed by atoms with Gasteiger partial charge in [-0.3, -0.25) is 0 Å². The Balaban J connectivity index is 2.47. The fraction of sp³-hybridized carbons (Fsp3) is 0.600. The van der Waals surface area contributed by atoms with Gasteiger partial charge < -0.3 is 5.73 Å². The molecule has 1 fully saturated rings. The first-order valence-corrected chi connectivity index (χ1v) is 8.61. The lowest BCUT2D eigenvalue weighted by molar-refractivity contribution is 0.214. The Hall–Kier alpha value is -1.07. The smallest absolute Gasteiger partial charge is 0.241 e. The number of benzene rings is 1. The van der Waals surface area contributed by atoms with Crippen LogP contribution in [0.2, 0.25) is 0 Å². The normalized spacial score (nSPS) is 17.8. The molecular formula is C15H24N2O2S. The summed E-state index contributed by atoms with van der Waals surface area (Å²) in [5, 5.41) is 0. The van der Waals surface area contributed by atoms with Gasteiger partial charge in [-0.15, -0.1) is 0 Å². The lowest BCUT2D eigenvalue weighted by atomic mass is 9.76. The van der Waals surface area contributed by atoms with Crippen LogP contribution in [-0.2, 0) is 10.0 Å². The van der Waals surface area contributed by atoms with E-state index in [1.54, 1.807) is 6.92 Å². The van der Waals surface area contributed by atoms with Gasteiger partial charge in [0.05, 0.1) is 4.90 Å². The SMILES string of the molecule is CCC1(NS(=O)(=O)c2c(C)cc(C)c(N)c2C)CCC1. The van der Waals surface area contributed by atoms with Gasteiger partial charge in [0.2, 0.25) is 10.0 Å². The van der Waals surface area contributed by atoms with Crippen LogP contribution in [0.25, 0.3) is 0 Å². The molecule has 0 bridgehead atoms. The first-order valence-electron chi connectivity index (χ1n) is 7.13. The molecule has 0 heterocycles. The zero-order valence-corrected chi connectivity index (χ0v) is 13.5. The fourth-order valence-electron chi connectivity index (χ4n) is 3.06. The molecule has 0 spiro atoms. The maximum atomic E-state index is 12.7. The third-order valence-corrected chi connectivity index (χ3v) is 6.44. The van der Waals surface area contributed by atoms with Crippen molar-refractivity contribution >= 4 is 15.7 Å². The molecule has 1 aromatic carbocycles. The van der Waals surface area contributed by atoms with Crippen molar-refractivity contribution in [2.24, 2.45) is 0 Å². The van der Waals surface area contributed by atoms with Gasteiger partial charge in [0.1, 0.15) is 0 Å². The summed E-state index contributed by atoms with van der Waals surface area (Å²) in [6, 6.07) is 1.84. The standard InChI is InChI=1S/C15H24N2O2S/c1-5-15(7-6-8-15)17-20(18,19)14-11(3)9-10(2)13(16)12(14)4/h9,17H,5-8,16H2,1-4H3. The Morgan fingerprint density at radius 1 is 1.25 bits per heavy atom. The monoisotopic (exact) mass is 296 g/mol. The van der Waals surface area contributed by atoms with Gasteiger partial charge in [0.25, 0.3) is 0 Å². The second-order valence-electron chi connectivity index (χ2n) is 5.97. The molecular weight excluding hydrogens is 272 g/mol. The Kier molecular flexibility index (Phi) is 3.86. The van der Waals surface area contributed by atoms with E-state index >= 15 is 0 Å². The van der Waals surface area contributed by atoms with Crippen LogP contribution in [0.3, 0.4) is 0 Å².